The van der Waals surface area contributed by atoms with Crippen molar-refractivity contribution in [2.24, 2.45) is 5.92 Å². The molecule has 2 fully saturated rings. The van der Waals surface area contributed by atoms with Gasteiger partial charge >= 0.3 is 5.97 Å². The second-order valence-corrected chi connectivity index (χ2v) is 8.04. The van der Waals surface area contributed by atoms with Gasteiger partial charge in [0.2, 0.25) is 10.0 Å². The summed E-state index contributed by atoms with van der Waals surface area (Å²) in [5.41, 5.74) is 0.411. The van der Waals surface area contributed by atoms with Crippen molar-refractivity contribution in [1.82, 2.24) is 9.62 Å². The Kier molecular flexibility index (Phi) is 4.60. The maximum absolute atomic E-state index is 12.4. The average molecular weight is 352 g/mol. The zero-order chi connectivity index (χ0) is 17.3. The van der Waals surface area contributed by atoms with Crippen LogP contribution in [0.3, 0.4) is 0 Å². The van der Waals surface area contributed by atoms with Crippen molar-refractivity contribution >= 4 is 21.9 Å². The van der Waals surface area contributed by atoms with Crippen LogP contribution in [0.15, 0.2) is 29.2 Å². The van der Waals surface area contributed by atoms with Gasteiger partial charge in [0.25, 0.3) is 5.91 Å². The van der Waals surface area contributed by atoms with Gasteiger partial charge in [-0.1, -0.05) is 0 Å². The number of benzene rings is 1. The van der Waals surface area contributed by atoms with E-state index in [1.165, 1.54) is 24.3 Å². The number of carbonyl (C=O) groups excluding carboxylic acids is 1. The van der Waals surface area contributed by atoms with Crippen molar-refractivity contribution in [3.8, 4) is 0 Å². The Morgan fingerprint density at radius 3 is 2.12 bits per heavy atom. The van der Waals surface area contributed by atoms with Crippen LogP contribution in [0.4, 0.5) is 0 Å². The van der Waals surface area contributed by atoms with E-state index in [4.69, 9.17) is 5.11 Å². The minimum atomic E-state index is -3.52. The molecule has 1 aliphatic heterocycles. The molecule has 1 amide bonds. The van der Waals surface area contributed by atoms with E-state index in [1.807, 2.05) is 0 Å². The molecule has 1 aliphatic carbocycles. The van der Waals surface area contributed by atoms with Gasteiger partial charge in [0, 0.05) is 24.7 Å². The van der Waals surface area contributed by atoms with Crippen molar-refractivity contribution < 1.29 is 23.1 Å². The maximum atomic E-state index is 12.4. The molecule has 1 saturated heterocycles. The summed E-state index contributed by atoms with van der Waals surface area (Å²) in [6, 6.07) is 5.91. The number of likely N-dealkylation sites (tertiary alicyclic amines) is 1. The summed E-state index contributed by atoms with van der Waals surface area (Å²) in [5, 5.41) is 8.99. The SMILES string of the molecule is O=C(O)C1CCN(C(=O)c2ccc(S(=O)(=O)NC3CC3)cc2)CC1. The van der Waals surface area contributed by atoms with E-state index in [0.29, 0.717) is 31.5 Å². The van der Waals surface area contributed by atoms with Crippen molar-refractivity contribution in [1.29, 1.82) is 0 Å². The van der Waals surface area contributed by atoms with Gasteiger partial charge in [-0.3, -0.25) is 9.59 Å². The molecule has 1 aromatic carbocycles. The fourth-order valence-corrected chi connectivity index (χ4v) is 4.08. The van der Waals surface area contributed by atoms with Crippen LogP contribution in [0, 0.1) is 5.92 Å². The maximum Gasteiger partial charge on any atom is 0.306 e. The highest BCUT2D eigenvalue weighted by Crippen LogP contribution is 2.23. The van der Waals surface area contributed by atoms with Gasteiger partial charge in [-0.2, -0.15) is 0 Å². The molecule has 3 rings (SSSR count). The molecule has 130 valence electrons. The Labute approximate surface area is 140 Å². The molecule has 0 bridgehead atoms. The first-order chi connectivity index (χ1) is 11.4. The zero-order valence-electron chi connectivity index (χ0n) is 13.1. The number of nitrogens with one attached hydrogen (secondary N) is 1. The topological polar surface area (TPSA) is 104 Å². The van der Waals surface area contributed by atoms with Crippen molar-refractivity contribution in [2.45, 2.75) is 36.6 Å². The Morgan fingerprint density at radius 1 is 1.04 bits per heavy atom. The Balaban J connectivity index is 1.65. The molecule has 1 heterocycles. The zero-order valence-corrected chi connectivity index (χ0v) is 14.0. The molecule has 0 atom stereocenters. The summed E-state index contributed by atoms with van der Waals surface area (Å²) in [6.07, 6.45) is 2.61. The van der Waals surface area contributed by atoms with Gasteiger partial charge < -0.3 is 10.0 Å². The highest BCUT2D eigenvalue weighted by Gasteiger charge is 2.29. The molecule has 8 heteroatoms. The number of amides is 1. The van der Waals surface area contributed by atoms with E-state index >= 15 is 0 Å². The van der Waals surface area contributed by atoms with Crippen molar-refractivity contribution in [2.75, 3.05) is 13.1 Å². The molecule has 0 aromatic heterocycles. The van der Waals surface area contributed by atoms with Gasteiger partial charge in [0.1, 0.15) is 0 Å². The van der Waals surface area contributed by atoms with Crippen LogP contribution in [-0.4, -0.2) is 49.4 Å². The number of carboxylic acid groups (broad SMARTS) is 1. The molecule has 0 radical (unpaired) electrons. The number of rotatable bonds is 5. The second-order valence-electron chi connectivity index (χ2n) is 6.32. The highest BCUT2D eigenvalue weighted by atomic mass is 32.2. The minimum Gasteiger partial charge on any atom is -0.481 e. The quantitative estimate of drug-likeness (QED) is 0.825. The van der Waals surface area contributed by atoms with Crippen molar-refractivity contribution in [3.05, 3.63) is 29.8 Å². The summed E-state index contributed by atoms with van der Waals surface area (Å²) >= 11 is 0. The Bertz CT molecular complexity index is 732. The summed E-state index contributed by atoms with van der Waals surface area (Å²) < 4.78 is 26.8. The largest absolute Gasteiger partial charge is 0.481 e. The van der Waals surface area contributed by atoms with Gasteiger partial charge in [-0.25, -0.2) is 13.1 Å². The van der Waals surface area contributed by atoms with E-state index in [2.05, 4.69) is 4.72 Å². The van der Waals surface area contributed by atoms with E-state index in [9.17, 15) is 18.0 Å². The third-order valence-corrected chi connectivity index (χ3v) is 5.98. The number of hydrogen-bond donors (Lipinski definition) is 2. The number of sulfonamides is 1. The molecular formula is C16H20N2O5S. The molecule has 0 spiro atoms. The summed E-state index contributed by atoms with van der Waals surface area (Å²) in [6.45, 7) is 0.804. The van der Waals surface area contributed by atoms with Gasteiger partial charge in [-0.05, 0) is 49.9 Å². The predicted molar refractivity (Wildman–Crippen MR) is 86.0 cm³/mol. The summed E-state index contributed by atoms with van der Waals surface area (Å²) in [5.74, 6) is -1.41. The van der Waals surface area contributed by atoms with Crippen LogP contribution < -0.4 is 4.72 Å². The molecule has 2 N–H and O–H groups in total. The lowest BCUT2D eigenvalue weighted by Gasteiger charge is -2.30. The third-order valence-electron chi connectivity index (χ3n) is 4.44. The summed E-state index contributed by atoms with van der Waals surface area (Å²) in [7, 11) is -3.52. The van der Waals surface area contributed by atoms with Crippen LogP contribution in [0.5, 0.6) is 0 Å². The first-order valence-corrected chi connectivity index (χ1v) is 9.49. The fraction of sp³-hybridized carbons (Fsp3) is 0.500. The molecule has 1 saturated carbocycles. The lowest BCUT2D eigenvalue weighted by molar-refractivity contribution is -0.143. The fourth-order valence-electron chi connectivity index (χ4n) is 2.78. The number of carbonyl (C=O) groups is 2. The van der Waals surface area contributed by atoms with E-state index in [-0.39, 0.29) is 16.8 Å². The Hall–Kier alpha value is -1.93. The van der Waals surface area contributed by atoms with Gasteiger partial charge in [0.05, 0.1) is 10.8 Å². The first kappa shape index (κ1) is 16.9. The first-order valence-electron chi connectivity index (χ1n) is 8.01. The van der Waals surface area contributed by atoms with E-state index < -0.39 is 21.9 Å². The standard InChI is InChI=1S/C16H20N2O5S/c19-15(18-9-7-12(8-10-18)16(20)21)11-1-5-14(6-2-11)24(22,23)17-13-3-4-13/h1-2,5-6,12-13,17H,3-4,7-10H2,(H,20,21). The van der Waals surface area contributed by atoms with Crippen LogP contribution in [0.2, 0.25) is 0 Å². The van der Waals surface area contributed by atoms with Crippen LogP contribution in [-0.2, 0) is 14.8 Å². The molecular weight excluding hydrogens is 332 g/mol. The number of nitrogens with zero attached hydrogens (tertiary/aromatic N) is 1. The van der Waals surface area contributed by atoms with E-state index in [1.54, 1.807) is 4.90 Å². The van der Waals surface area contributed by atoms with Gasteiger partial charge in [-0.15, -0.1) is 0 Å². The number of piperidine rings is 1. The number of aliphatic carboxylic acids is 1. The second kappa shape index (κ2) is 6.52. The van der Waals surface area contributed by atoms with Crippen LogP contribution in [0.25, 0.3) is 0 Å². The lowest BCUT2D eigenvalue weighted by Crippen LogP contribution is -2.40. The molecule has 1 aromatic rings. The summed E-state index contributed by atoms with van der Waals surface area (Å²) in [4.78, 5) is 25.2. The van der Waals surface area contributed by atoms with Crippen LogP contribution in [0.1, 0.15) is 36.0 Å². The normalized spacial score (nSPS) is 19.2. The Morgan fingerprint density at radius 2 is 1.62 bits per heavy atom. The smallest absolute Gasteiger partial charge is 0.306 e. The third kappa shape index (κ3) is 3.76. The molecule has 2 aliphatic rings. The van der Waals surface area contributed by atoms with Crippen LogP contribution >= 0.6 is 0 Å². The average Bonchev–Trinajstić information content (AvgIpc) is 3.37. The number of carboxylic acids is 1. The van der Waals surface area contributed by atoms with E-state index in [0.717, 1.165) is 12.8 Å². The molecule has 7 nitrogen and oxygen atoms in total. The molecule has 0 unspecified atom stereocenters. The minimum absolute atomic E-state index is 0.0341. The highest BCUT2D eigenvalue weighted by molar-refractivity contribution is 7.89. The predicted octanol–water partition coefficient (Wildman–Crippen LogP) is 1.06. The van der Waals surface area contributed by atoms with Crippen molar-refractivity contribution in [3.63, 3.8) is 0 Å². The molecule has 24 heavy (non-hydrogen) atoms. The number of hydrogen-bond acceptors (Lipinski definition) is 4. The lowest BCUT2D eigenvalue weighted by atomic mass is 9.96. The monoisotopic (exact) mass is 352 g/mol. The van der Waals surface area contributed by atoms with Gasteiger partial charge in [0.15, 0.2) is 0 Å².